The molecular weight excluding hydrogens is 244 g/mol. The fourth-order valence-electron chi connectivity index (χ4n) is 1.85. The molecule has 1 heterocycles. The molecule has 0 aliphatic heterocycles. The van der Waals surface area contributed by atoms with E-state index in [4.69, 9.17) is 15.3 Å². The van der Waals surface area contributed by atoms with Gasteiger partial charge in [0.2, 0.25) is 0 Å². The Bertz CT molecular complexity index is 533. The summed E-state index contributed by atoms with van der Waals surface area (Å²) < 4.78 is 10.5. The molecule has 0 aliphatic rings. The number of nitrogens with one attached hydrogen (secondary N) is 1. The first-order chi connectivity index (χ1) is 9.30. The molecule has 0 radical (unpaired) electrons. The fraction of sp³-hybridized carbons (Fsp3) is 0.231. The van der Waals surface area contributed by atoms with E-state index in [1.165, 1.54) is 0 Å². The molecule has 0 spiro atoms. The highest BCUT2D eigenvalue weighted by Gasteiger charge is 2.18. The van der Waals surface area contributed by atoms with Crippen LogP contribution >= 0.6 is 0 Å². The van der Waals surface area contributed by atoms with E-state index in [-0.39, 0.29) is 6.04 Å². The van der Waals surface area contributed by atoms with Crippen LogP contribution in [0.2, 0.25) is 0 Å². The number of aromatic nitrogens is 2. The van der Waals surface area contributed by atoms with Crippen LogP contribution in [0.4, 0.5) is 0 Å². The maximum atomic E-state index is 5.63. The summed E-state index contributed by atoms with van der Waals surface area (Å²) in [4.78, 5) is 8.30. The Hall–Kier alpha value is -2.18. The van der Waals surface area contributed by atoms with Gasteiger partial charge in [-0.3, -0.25) is 15.8 Å². The van der Waals surface area contributed by atoms with Crippen molar-refractivity contribution in [2.24, 2.45) is 5.84 Å². The highest BCUT2D eigenvalue weighted by molar-refractivity contribution is 5.44. The van der Waals surface area contributed by atoms with Gasteiger partial charge < -0.3 is 9.47 Å². The zero-order valence-corrected chi connectivity index (χ0v) is 10.8. The normalized spacial score (nSPS) is 11.9. The third-order valence-electron chi connectivity index (χ3n) is 2.80. The van der Waals surface area contributed by atoms with Crippen LogP contribution in [0.15, 0.2) is 36.8 Å². The molecule has 2 aromatic rings. The van der Waals surface area contributed by atoms with Crippen molar-refractivity contribution in [3.63, 3.8) is 0 Å². The maximum Gasteiger partial charge on any atom is 0.127 e. The van der Waals surface area contributed by atoms with Crippen LogP contribution in [0.1, 0.15) is 17.3 Å². The van der Waals surface area contributed by atoms with Crippen molar-refractivity contribution in [2.75, 3.05) is 14.2 Å². The number of benzene rings is 1. The third-order valence-corrected chi connectivity index (χ3v) is 2.80. The molecule has 2 rings (SSSR count). The minimum Gasteiger partial charge on any atom is -0.497 e. The van der Waals surface area contributed by atoms with Gasteiger partial charge >= 0.3 is 0 Å². The molecular formula is C13H16N4O2. The quantitative estimate of drug-likeness (QED) is 0.617. The van der Waals surface area contributed by atoms with Crippen LogP contribution in [0.3, 0.4) is 0 Å². The van der Waals surface area contributed by atoms with Gasteiger partial charge in [-0.1, -0.05) is 0 Å². The van der Waals surface area contributed by atoms with E-state index in [0.717, 1.165) is 11.3 Å². The molecule has 1 aromatic carbocycles. The average molecular weight is 260 g/mol. The number of hydrogen-bond acceptors (Lipinski definition) is 6. The third kappa shape index (κ3) is 2.81. The van der Waals surface area contributed by atoms with Crippen LogP contribution in [-0.4, -0.2) is 24.2 Å². The summed E-state index contributed by atoms with van der Waals surface area (Å²) in [5, 5.41) is 0. The van der Waals surface area contributed by atoms with Crippen molar-refractivity contribution in [3.8, 4) is 11.5 Å². The maximum absolute atomic E-state index is 5.63. The van der Waals surface area contributed by atoms with Crippen molar-refractivity contribution in [3.05, 3.63) is 48.0 Å². The molecule has 0 amide bonds. The fourth-order valence-corrected chi connectivity index (χ4v) is 1.85. The molecule has 100 valence electrons. The molecule has 1 aromatic heterocycles. The first-order valence-corrected chi connectivity index (χ1v) is 5.74. The summed E-state index contributed by atoms with van der Waals surface area (Å²) >= 11 is 0. The molecule has 6 nitrogen and oxygen atoms in total. The van der Waals surface area contributed by atoms with Gasteiger partial charge in [0, 0.05) is 24.0 Å². The lowest BCUT2D eigenvalue weighted by molar-refractivity contribution is 0.387. The van der Waals surface area contributed by atoms with Gasteiger partial charge in [-0.25, -0.2) is 5.43 Å². The lowest BCUT2D eigenvalue weighted by Crippen LogP contribution is -2.29. The molecule has 6 heteroatoms. The second-order valence-electron chi connectivity index (χ2n) is 3.84. The minimum atomic E-state index is -0.297. The standard InChI is InChI=1S/C13H16N4O2/c1-18-9-3-4-10(12(7-9)19-2)13(17-14)11-8-15-5-6-16-11/h3-8,13,17H,14H2,1-2H3. The lowest BCUT2D eigenvalue weighted by atomic mass is 10.0. The van der Waals surface area contributed by atoms with Gasteiger partial charge in [-0.05, 0) is 12.1 Å². The second-order valence-corrected chi connectivity index (χ2v) is 3.84. The van der Waals surface area contributed by atoms with Gasteiger partial charge in [0.25, 0.3) is 0 Å². The number of ether oxygens (including phenoxy) is 2. The molecule has 19 heavy (non-hydrogen) atoms. The minimum absolute atomic E-state index is 0.297. The van der Waals surface area contributed by atoms with E-state index in [2.05, 4.69) is 15.4 Å². The summed E-state index contributed by atoms with van der Waals surface area (Å²) in [6.07, 6.45) is 4.90. The number of nitrogens with zero attached hydrogens (tertiary/aromatic N) is 2. The predicted molar refractivity (Wildman–Crippen MR) is 70.7 cm³/mol. The van der Waals surface area contributed by atoms with Crippen LogP contribution in [0.25, 0.3) is 0 Å². The summed E-state index contributed by atoms with van der Waals surface area (Å²) in [6, 6.07) is 5.24. The van der Waals surface area contributed by atoms with E-state index < -0.39 is 0 Å². The van der Waals surface area contributed by atoms with Gasteiger partial charge in [0.15, 0.2) is 0 Å². The average Bonchev–Trinajstić information content (AvgIpc) is 2.49. The molecule has 0 saturated heterocycles. The second kappa shape index (κ2) is 6.12. The largest absolute Gasteiger partial charge is 0.497 e. The number of nitrogens with two attached hydrogens (primary N) is 1. The Kier molecular flexibility index (Phi) is 4.27. The van der Waals surface area contributed by atoms with Gasteiger partial charge in [0.05, 0.1) is 32.2 Å². The van der Waals surface area contributed by atoms with E-state index in [9.17, 15) is 0 Å². The molecule has 0 bridgehead atoms. The highest BCUT2D eigenvalue weighted by Crippen LogP contribution is 2.31. The Labute approximate surface area is 111 Å². The topological polar surface area (TPSA) is 82.3 Å². The van der Waals surface area contributed by atoms with Gasteiger partial charge in [-0.2, -0.15) is 0 Å². The molecule has 0 aliphatic carbocycles. The Morgan fingerprint density at radius 1 is 1.21 bits per heavy atom. The predicted octanol–water partition coefficient (Wildman–Crippen LogP) is 1.05. The molecule has 3 N–H and O–H groups in total. The molecule has 1 atom stereocenters. The first kappa shape index (κ1) is 13.3. The van der Waals surface area contributed by atoms with Crippen LogP contribution in [0, 0.1) is 0 Å². The zero-order chi connectivity index (χ0) is 13.7. The van der Waals surface area contributed by atoms with E-state index in [1.54, 1.807) is 38.9 Å². The Morgan fingerprint density at radius 2 is 2.05 bits per heavy atom. The van der Waals surface area contributed by atoms with Crippen LogP contribution in [-0.2, 0) is 0 Å². The first-order valence-electron chi connectivity index (χ1n) is 5.74. The van der Waals surface area contributed by atoms with E-state index >= 15 is 0 Å². The monoisotopic (exact) mass is 260 g/mol. The lowest BCUT2D eigenvalue weighted by Gasteiger charge is -2.18. The summed E-state index contributed by atoms with van der Waals surface area (Å²) in [7, 11) is 3.21. The number of rotatable bonds is 5. The van der Waals surface area contributed by atoms with Crippen molar-refractivity contribution in [1.82, 2.24) is 15.4 Å². The van der Waals surface area contributed by atoms with Gasteiger partial charge in [-0.15, -0.1) is 0 Å². The molecule has 0 fully saturated rings. The Morgan fingerprint density at radius 3 is 2.63 bits per heavy atom. The van der Waals surface area contributed by atoms with E-state index in [1.807, 2.05) is 12.1 Å². The van der Waals surface area contributed by atoms with Crippen molar-refractivity contribution >= 4 is 0 Å². The molecule has 0 saturated carbocycles. The smallest absolute Gasteiger partial charge is 0.127 e. The highest BCUT2D eigenvalue weighted by atomic mass is 16.5. The summed E-state index contributed by atoms with van der Waals surface area (Å²) in [5.74, 6) is 7.02. The summed E-state index contributed by atoms with van der Waals surface area (Å²) in [6.45, 7) is 0. The van der Waals surface area contributed by atoms with Crippen molar-refractivity contribution in [2.45, 2.75) is 6.04 Å². The zero-order valence-electron chi connectivity index (χ0n) is 10.8. The van der Waals surface area contributed by atoms with Crippen LogP contribution in [0.5, 0.6) is 11.5 Å². The van der Waals surface area contributed by atoms with Gasteiger partial charge in [0.1, 0.15) is 11.5 Å². The number of hydrazine groups is 1. The van der Waals surface area contributed by atoms with E-state index in [0.29, 0.717) is 11.4 Å². The molecule has 1 unspecified atom stereocenters. The number of hydrogen-bond donors (Lipinski definition) is 2. The van der Waals surface area contributed by atoms with Crippen molar-refractivity contribution < 1.29 is 9.47 Å². The SMILES string of the molecule is COc1ccc(C(NN)c2cnccn2)c(OC)c1. The summed E-state index contributed by atoms with van der Waals surface area (Å²) in [5.41, 5.74) is 4.31. The Balaban J connectivity index is 2.43. The number of methoxy groups -OCH3 is 2. The van der Waals surface area contributed by atoms with Crippen LogP contribution < -0.4 is 20.7 Å². The van der Waals surface area contributed by atoms with Crippen molar-refractivity contribution in [1.29, 1.82) is 0 Å².